The summed E-state index contributed by atoms with van der Waals surface area (Å²) in [4.78, 5) is 27.0. The zero-order chi connectivity index (χ0) is 25.6. The Labute approximate surface area is 208 Å². The van der Waals surface area contributed by atoms with Crippen molar-refractivity contribution < 1.29 is 22.7 Å². The second kappa shape index (κ2) is 11.2. The van der Waals surface area contributed by atoms with Gasteiger partial charge in [0.2, 0.25) is 0 Å². The number of unbranched alkanes of at least 4 members (excludes halogenated alkanes) is 4. The number of anilines is 1. The second-order valence-electron chi connectivity index (χ2n) is 10.0. The number of sulfone groups is 1. The molecule has 1 heterocycles. The van der Waals surface area contributed by atoms with E-state index in [4.69, 9.17) is 4.74 Å². The molecule has 0 saturated carbocycles. The first kappa shape index (κ1) is 26.7. The van der Waals surface area contributed by atoms with Gasteiger partial charge in [0.1, 0.15) is 5.60 Å². The van der Waals surface area contributed by atoms with Crippen LogP contribution >= 0.6 is 0 Å². The second-order valence-corrected chi connectivity index (χ2v) is 12.1. The van der Waals surface area contributed by atoms with E-state index >= 15 is 0 Å². The molecule has 1 N–H and O–H groups in total. The fraction of sp³-hybridized carbons (Fsp3) is 0.481. The van der Waals surface area contributed by atoms with Gasteiger partial charge in [-0.25, -0.2) is 13.2 Å². The van der Waals surface area contributed by atoms with Crippen molar-refractivity contribution in [2.24, 2.45) is 0 Å². The lowest BCUT2D eigenvalue weighted by Gasteiger charge is -2.24. The normalized spacial score (nSPS) is 13.4. The van der Waals surface area contributed by atoms with Crippen LogP contribution in [-0.2, 0) is 27.7 Å². The summed E-state index contributed by atoms with van der Waals surface area (Å²) in [5, 5.41) is 2.82. The summed E-state index contributed by atoms with van der Waals surface area (Å²) in [6, 6.07) is 11.7. The fourth-order valence-electron chi connectivity index (χ4n) is 3.95. The van der Waals surface area contributed by atoms with E-state index in [1.165, 1.54) is 0 Å². The van der Waals surface area contributed by atoms with Crippen molar-refractivity contribution in [3.05, 3.63) is 59.2 Å². The van der Waals surface area contributed by atoms with E-state index in [2.05, 4.69) is 12.2 Å². The summed E-state index contributed by atoms with van der Waals surface area (Å²) in [7, 11) is -3.33. The molecular formula is C27H36N2O5S. The van der Waals surface area contributed by atoms with Gasteiger partial charge in [0, 0.05) is 24.3 Å². The van der Waals surface area contributed by atoms with Gasteiger partial charge in [0.05, 0.1) is 10.6 Å². The van der Waals surface area contributed by atoms with Crippen LogP contribution in [0, 0.1) is 0 Å². The van der Waals surface area contributed by atoms with E-state index in [0.29, 0.717) is 30.8 Å². The number of amides is 2. The maximum absolute atomic E-state index is 12.8. The van der Waals surface area contributed by atoms with Gasteiger partial charge in [-0.05, 0) is 74.7 Å². The molecule has 0 aliphatic carbocycles. The Morgan fingerprint density at radius 2 is 1.60 bits per heavy atom. The molecule has 0 unspecified atom stereocenters. The standard InChI is InChI=1S/C27H36N2O5S/c1-5-6-7-8-9-16-35(32,33)24-14-12-23(13-15-24)28-25(30)20-10-11-21-18-29(19-22(21)17-20)26(31)34-27(2,3)4/h10-15,17H,5-9,16,18-19H2,1-4H3,(H,28,30). The first-order valence-corrected chi connectivity index (χ1v) is 13.9. The summed E-state index contributed by atoms with van der Waals surface area (Å²) in [6.45, 7) is 8.44. The number of nitrogens with one attached hydrogen (secondary N) is 1. The maximum atomic E-state index is 12.8. The predicted molar refractivity (Wildman–Crippen MR) is 137 cm³/mol. The Balaban J connectivity index is 1.58. The molecule has 2 aromatic carbocycles. The molecule has 8 heteroatoms. The first-order chi connectivity index (χ1) is 16.5. The SMILES string of the molecule is CCCCCCCS(=O)(=O)c1ccc(NC(=O)c2ccc3c(c2)CN(C(=O)OC(C)(C)C)C3)cc1. The molecule has 0 radical (unpaired) electrons. The third kappa shape index (κ3) is 7.56. The van der Waals surface area contributed by atoms with Crippen molar-refractivity contribution in [1.29, 1.82) is 0 Å². The van der Waals surface area contributed by atoms with E-state index in [0.717, 1.165) is 36.8 Å². The number of carbonyl (C=O) groups is 2. The summed E-state index contributed by atoms with van der Waals surface area (Å²) in [5.41, 5.74) is 2.31. The van der Waals surface area contributed by atoms with Crippen molar-refractivity contribution in [3.63, 3.8) is 0 Å². The minimum Gasteiger partial charge on any atom is -0.444 e. The molecule has 0 atom stereocenters. The molecule has 0 spiro atoms. The molecule has 0 saturated heterocycles. The highest BCUT2D eigenvalue weighted by molar-refractivity contribution is 7.91. The number of benzene rings is 2. The van der Waals surface area contributed by atoms with Crippen molar-refractivity contribution in [2.75, 3.05) is 11.1 Å². The fourth-order valence-corrected chi connectivity index (χ4v) is 5.32. The van der Waals surface area contributed by atoms with Gasteiger partial charge in [-0.3, -0.25) is 9.69 Å². The third-order valence-electron chi connectivity index (χ3n) is 5.83. The molecule has 0 fully saturated rings. The third-order valence-corrected chi connectivity index (χ3v) is 7.65. The Morgan fingerprint density at radius 1 is 0.943 bits per heavy atom. The van der Waals surface area contributed by atoms with Gasteiger partial charge in [-0.15, -0.1) is 0 Å². The molecule has 7 nitrogen and oxygen atoms in total. The molecule has 190 valence electrons. The zero-order valence-corrected chi connectivity index (χ0v) is 21.9. The molecule has 0 bridgehead atoms. The summed E-state index contributed by atoms with van der Waals surface area (Å²) in [6.07, 6.45) is 4.49. The molecule has 3 rings (SSSR count). The van der Waals surface area contributed by atoms with Crippen LogP contribution in [0.25, 0.3) is 0 Å². The number of carbonyl (C=O) groups excluding carboxylic acids is 2. The Morgan fingerprint density at radius 3 is 2.26 bits per heavy atom. The van der Waals surface area contributed by atoms with E-state index in [1.807, 2.05) is 26.8 Å². The van der Waals surface area contributed by atoms with Gasteiger partial charge in [0.25, 0.3) is 5.91 Å². The smallest absolute Gasteiger partial charge is 0.410 e. The highest BCUT2D eigenvalue weighted by Gasteiger charge is 2.28. The number of hydrogen-bond donors (Lipinski definition) is 1. The summed E-state index contributed by atoms with van der Waals surface area (Å²) < 4.78 is 30.6. The van der Waals surface area contributed by atoms with Gasteiger partial charge in [0.15, 0.2) is 9.84 Å². The average molecular weight is 501 g/mol. The molecule has 1 aliphatic heterocycles. The Kier molecular flexibility index (Phi) is 8.59. The lowest BCUT2D eigenvalue weighted by Crippen LogP contribution is -2.33. The minimum atomic E-state index is -3.33. The molecule has 2 amide bonds. The highest BCUT2D eigenvalue weighted by Crippen LogP contribution is 2.26. The lowest BCUT2D eigenvalue weighted by atomic mass is 10.1. The number of hydrogen-bond acceptors (Lipinski definition) is 5. The van der Waals surface area contributed by atoms with Crippen molar-refractivity contribution in [2.45, 2.75) is 83.4 Å². The summed E-state index contributed by atoms with van der Waals surface area (Å²) >= 11 is 0. The van der Waals surface area contributed by atoms with Gasteiger partial charge >= 0.3 is 6.09 Å². The van der Waals surface area contributed by atoms with E-state index in [-0.39, 0.29) is 22.6 Å². The zero-order valence-electron chi connectivity index (χ0n) is 21.1. The largest absolute Gasteiger partial charge is 0.444 e. The van der Waals surface area contributed by atoms with Crippen LogP contribution in [0.5, 0.6) is 0 Å². The van der Waals surface area contributed by atoms with Crippen LogP contribution in [-0.4, -0.2) is 36.7 Å². The van der Waals surface area contributed by atoms with E-state index < -0.39 is 15.4 Å². The molecular weight excluding hydrogens is 464 g/mol. The highest BCUT2D eigenvalue weighted by atomic mass is 32.2. The number of nitrogens with zero attached hydrogens (tertiary/aromatic N) is 1. The molecule has 35 heavy (non-hydrogen) atoms. The van der Waals surface area contributed by atoms with E-state index in [9.17, 15) is 18.0 Å². The summed E-state index contributed by atoms with van der Waals surface area (Å²) in [5.74, 6) is -0.159. The predicted octanol–water partition coefficient (Wildman–Crippen LogP) is 5.93. The quantitative estimate of drug-likeness (QED) is 0.431. The monoisotopic (exact) mass is 500 g/mol. The molecule has 2 aromatic rings. The van der Waals surface area contributed by atoms with Crippen LogP contribution in [0.4, 0.5) is 10.5 Å². The number of rotatable bonds is 9. The average Bonchev–Trinajstić information content (AvgIpc) is 3.22. The van der Waals surface area contributed by atoms with Crippen LogP contribution in [0.2, 0.25) is 0 Å². The van der Waals surface area contributed by atoms with Crippen molar-refractivity contribution in [3.8, 4) is 0 Å². The van der Waals surface area contributed by atoms with Gasteiger partial charge < -0.3 is 10.1 Å². The molecule has 1 aliphatic rings. The van der Waals surface area contributed by atoms with Crippen LogP contribution < -0.4 is 5.32 Å². The topological polar surface area (TPSA) is 92.8 Å². The maximum Gasteiger partial charge on any atom is 0.410 e. The first-order valence-electron chi connectivity index (χ1n) is 12.2. The van der Waals surface area contributed by atoms with Gasteiger partial charge in [-0.1, -0.05) is 38.7 Å². The Hall–Kier alpha value is -2.87. The minimum absolute atomic E-state index is 0.137. The van der Waals surface area contributed by atoms with Crippen LogP contribution in [0.3, 0.4) is 0 Å². The van der Waals surface area contributed by atoms with Crippen molar-refractivity contribution >= 4 is 27.5 Å². The van der Waals surface area contributed by atoms with Crippen LogP contribution in [0.15, 0.2) is 47.4 Å². The Bertz CT molecular complexity index is 1150. The number of fused-ring (bicyclic) bond motifs is 1. The van der Waals surface area contributed by atoms with Crippen molar-refractivity contribution in [1.82, 2.24) is 4.90 Å². The number of ether oxygens (including phenoxy) is 1. The lowest BCUT2D eigenvalue weighted by molar-refractivity contribution is 0.0241. The van der Waals surface area contributed by atoms with Crippen LogP contribution in [0.1, 0.15) is 81.3 Å². The van der Waals surface area contributed by atoms with Gasteiger partial charge in [-0.2, -0.15) is 0 Å². The molecule has 0 aromatic heterocycles. The van der Waals surface area contributed by atoms with E-state index in [1.54, 1.807) is 41.3 Å².